The van der Waals surface area contributed by atoms with E-state index in [-0.39, 0.29) is 6.04 Å². The van der Waals surface area contributed by atoms with Crippen molar-refractivity contribution in [3.63, 3.8) is 0 Å². The van der Waals surface area contributed by atoms with Crippen LogP contribution in [0.4, 0.5) is 0 Å². The van der Waals surface area contributed by atoms with Gasteiger partial charge in [-0.3, -0.25) is 14.5 Å². The Bertz CT molecular complexity index is 464. The largest absolute Gasteiger partial charge is 0.326 e. The maximum Gasteiger partial charge on any atom is 0.0738 e. The number of hydrogen-bond donors (Lipinski definition) is 1. The molecule has 4 heterocycles. The second kappa shape index (κ2) is 5.16. The van der Waals surface area contributed by atoms with Crippen molar-refractivity contribution in [3.05, 3.63) is 15.9 Å². The molecule has 3 fully saturated rings. The Morgan fingerprint density at radius 2 is 2.05 bits per heavy atom. The topological polar surface area (TPSA) is 50.3 Å². The standard InChI is InChI=1S/C13H22BrN5/c1-9-13(14)11(17(2)16-9)7-10(15)12-8-18-3-5-19(12)6-4-18/h10,12H,3-8,15H2,1-2H3. The maximum atomic E-state index is 6.48. The SMILES string of the molecule is Cc1nn(C)c(CC(N)C2CN3CCN2CC3)c1Br. The van der Waals surface area contributed by atoms with Crippen LogP contribution in [0.3, 0.4) is 0 Å². The minimum atomic E-state index is 0.175. The van der Waals surface area contributed by atoms with Crippen molar-refractivity contribution in [2.45, 2.75) is 25.4 Å². The molecule has 2 N–H and O–H groups in total. The van der Waals surface area contributed by atoms with Gasteiger partial charge in [-0.1, -0.05) is 0 Å². The summed E-state index contributed by atoms with van der Waals surface area (Å²) < 4.78 is 3.07. The predicted octanol–water partition coefficient (Wildman–Crippen LogP) is 0.361. The van der Waals surface area contributed by atoms with E-state index in [0.717, 1.165) is 23.1 Å². The van der Waals surface area contributed by atoms with Crippen LogP contribution in [0.5, 0.6) is 0 Å². The van der Waals surface area contributed by atoms with E-state index in [1.54, 1.807) is 0 Å². The van der Waals surface area contributed by atoms with Crippen LogP contribution in [0, 0.1) is 6.92 Å². The molecule has 0 radical (unpaired) electrons. The minimum Gasteiger partial charge on any atom is -0.326 e. The molecule has 4 rings (SSSR count). The van der Waals surface area contributed by atoms with E-state index in [1.807, 2.05) is 18.7 Å². The van der Waals surface area contributed by atoms with Crippen molar-refractivity contribution >= 4 is 15.9 Å². The molecule has 2 unspecified atom stereocenters. The molecule has 2 bridgehead atoms. The number of hydrogen-bond acceptors (Lipinski definition) is 4. The summed E-state index contributed by atoms with van der Waals surface area (Å²) in [6, 6.07) is 0.666. The quantitative estimate of drug-likeness (QED) is 0.871. The second-order valence-corrected chi connectivity index (χ2v) is 6.53. The molecular weight excluding hydrogens is 306 g/mol. The van der Waals surface area contributed by atoms with E-state index in [9.17, 15) is 0 Å². The highest BCUT2D eigenvalue weighted by Crippen LogP contribution is 2.24. The van der Waals surface area contributed by atoms with Crippen LogP contribution in [0.15, 0.2) is 4.47 Å². The highest BCUT2D eigenvalue weighted by Gasteiger charge is 2.35. The minimum absolute atomic E-state index is 0.175. The lowest BCUT2D eigenvalue weighted by atomic mass is 9.97. The molecule has 0 spiro atoms. The van der Waals surface area contributed by atoms with E-state index in [2.05, 4.69) is 30.8 Å². The fourth-order valence-corrected chi connectivity index (χ4v) is 3.82. The number of piperazine rings is 3. The molecule has 0 amide bonds. The van der Waals surface area contributed by atoms with Crippen molar-refractivity contribution in [2.75, 3.05) is 32.7 Å². The van der Waals surface area contributed by atoms with Gasteiger partial charge in [-0.05, 0) is 22.9 Å². The first-order chi connectivity index (χ1) is 9.06. The number of aryl methyl sites for hydroxylation is 2. The average molecular weight is 328 g/mol. The molecule has 3 aliphatic rings. The van der Waals surface area contributed by atoms with Gasteiger partial charge in [0.15, 0.2) is 0 Å². The van der Waals surface area contributed by atoms with Crippen LogP contribution in [0.2, 0.25) is 0 Å². The van der Waals surface area contributed by atoms with Gasteiger partial charge in [0.05, 0.1) is 15.9 Å². The van der Waals surface area contributed by atoms with Crippen molar-refractivity contribution in [1.82, 2.24) is 19.6 Å². The van der Waals surface area contributed by atoms with E-state index < -0.39 is 0 Å². The summed E-state index contributed by atoms with van der Waals surface area (Å²) in [5.74, 6) is 0. The monoisotopic (exact) mass is 327 g/mol. The second-order valence-electron chi connectivity index (χ2n) is 5.74. The molecule has 2 atom stereocenters. The summed E-state index contributed by atoms with van der Waals surface area (Å²) in [4.78, 5) is 5.09. The van der Waals surface area contributed by atoms with Gasteiger partial charge in [0.2, 0.25) is 0 Å². The number of nitrogens with two attached hydrogens (primary N) is 1. The highest BCUT2D eigenvalue weighted by atomic mass is 79.9. The van der Waals surface area contributed by atoms with Crippen LogP contribution in [0.1, 0.15) is 11.4 Å². The van der Waals surface area contributed by atoms with E-state index in [1.165, 1.54) is 31.9 Å². The molecule has 0 aliphatic carbocycles. The maximum absolute atomic E-state index is 6.48. The Balaban J connectivity index is 1.73. The number of fused-ring (bicyclic) bond motifs is 3. The van der Waals surface area contributed by atoms with Gasteiger partial charge in [0, 0.05) is 58.3 Å². The van der Waals surface area contributed by atoms with Gasteiger partial charge in [-0.2, -0.15) is 5.10 Å². The van der Waals surface area contributed by atoms with Crippen molar-refractivity contribution in [2.24, 2.45) is 12.8 Å². The fourth-order valence-electron chi connectivity index (χ4n) is 3.32. The molecule has 0 aromatic carbocycles. The van der Waals surface area contributed by atoms with Crippen LogP contribution in [-0.2, 0) is 13.5 Å². The van der Waals surface area contributed by atoms with Crippen molar-refractivity contribution < 1.29 is 0 Å². The van der Waals surface area contributed by atoms with Crippen LogP contribution in [-0.4, -0.2) is 64.4 Å². The first-order valence-electron chi connectivity index (χ1n) is 6.96. The van der Waals surface area contributed by atoms with Crippen LogP contribution in [0.25, 0.3) is 0 Å². The molecule has 3 aliphatic heterocycles. The number of rotatable bonds is 3. The molecule has 3 saturated heterocycles. The predicted molar refractivity (Wildman–Crippen MR) is 79.1 cm³/mol. The Kier molecular flexibility index (Phi) is 3.68. The fraction of sp³-hybridized carbons (Fsp3) is 0.769. The molecule has 1 aromatic rings. The lowest BCUT2D eigenvalue weighted by Crippen LogP contribution is -2.66. The van der Waals surface area contributed by atoms with Crippen molar-refractivity contribution in [1.29, 1.82) is 0 Å². The number of aromatic nitrogens is 2. The van der Waals surface area contributed by atoms with E-state index in [0.29, 0.717) is 6.04 Å². The summed E-state index contributed by atoms with van der Waals surface area (Å²) in [5, 5.41) is 4.45. The third-order valence-corrected chi connectivity index (χ3v) is 5.54. The Morgan fingerprint density at radius 3 is 2.53 bits per heavy atom. The summed E-state index contributed by atoms with van der Waals surface area (Å²) >= 11 is 3.63. The molecule has 106 valence electrons. The van der Waals surface area contributed by atoms with Gasteiger partial charge in [-0.15, -0.1) is 0 Å². The lowest BCUT2D eigenvalue weighted by molar-refractivity contribution is 0.00235. The Morgan fingerprint density at radius 1 is 1.37 bits per heavy atom. The first-order valence-corrected chi connectivity index (χ1v) is 7.75. The zero-order valence-corrected chi connectivity index (χ0v) is 13.2. The number of nitrogens with zero attached hydrogens (tertiary/aromatic N) is 4. The van der Waals surface area contributed by atoms with Gasteiger partial charge >= 0.3 is 0 Å². The zero-order chi connectivity index (χ0) is 13.6. The molecule has 6 heteroatoms. The molecule has 19 heavy (non-hydrogen) atoms. The van der Waals surface area contributed by atoms with Gasteiger partial charge < -0.3 is 5.73 Å². The Labute approximate surface area is 122 Å². The molecule has 5 nitrogen and oxygen atoms in total. The molecule has 1 aromatic heterocycles. The van der Waals surface area contributed by atoms with Gasteiger partial charge in [-0.25, -0.2) is 0 Å². The molecule has 0 saturated carbocycles. The third kappa shape index (κ3) is 2.46. The summed E-state index contributed by atoms with van der Waals surface area (Å²) in [5.41, 5.74) is 8.74. The number of halogens is 1. The van der Waals surface area contributed by atoms with Gasteiger partial charge in [0.25, 0.3) is 0 Å². The third-order valence-electron chi connectivity index (χ3n) is 4.51. The van der Waals surface area contributed by atoms with Crippen LogP contribution >= 0.6 is 15.9 Å². The summed E-state index contributed by atoms with van der Waals surface area (Å²) in [7, 11) is 2.00. The van der Waals surface area contributed by atoms with E-state index in [4.69, 9.17) is 5.73 Å². The van der Waals surface area contributed by atoms with E-state index >= 15 is 0 Å². The zero-order valence-electron chi connectivity index (χ0n) is 11.6. The molecular formula is C13H22BrN5. The van der Waals surface area contributed by atoms with Crippen molar-refractivity contribution in [3.8, 4) is 0 Å². The van der Waals surface area contributed by atoms with Gasteiger partial charge in [0.1, 0.15) is 0 Å². The highest BCUT2D eigenvalue weighted by molar-refractivity contribution is 9.10. The van der Waals surface area contributed by atoms with Crippen LogP contribution < -0.4 is 5.73 Å². The Hall–Kier alpha value is -0.430. The first kappa shape index (κ1) is 13.5. The smallest absolute Gasteiger partial charge is 0.0738 e. The summed E-state index contributed by atoms with van der Waals surface area (Å²) in [6.07, 6.45) is 0.882. The average Bonchev–Trinajstić information content (AvgIpc) is 2.66. The summed E-state index contributed by atoms with van der Waals surface area (Å²) in [6.45, 7) is 7.90. The normalized spacial score (nSPS) is 31.7. The lowest BCUT2D eigenvalue weighted by Gasteiger charge is -2.49.